The molecular weight excluding hydrogens is 270 g/mol. The van der Waals surface area contributed by atoms with Crippen molar-refractivity contribution in [3.63, 3.8) is 0 Å². The van der Waals surface area contributed by atoms with Gasteiger partial charge in [0.25, 0.3) is 0 Å². The highest BCUT2D eigenvalue weighted by Crippen LogP contribution is 2.19. The predicted molar refractivity (Wildman–Crippen MR) is 77.9 cm³/mol. The summed E-state index contributed by atoms with van der Waals surface area (Å²) in [7, 11) is 1.63. The summed E-state index contributed by atoms with van der Waals surface area (Å²) >= 11 is 0. The summed E-state index contributed by atoms with van der Waals surface area (Å²) in [5, 5.41) is 6.09. The van der Waals surface area contributed by atoms with Crippen molar-refractivity contribution < 1.29 is 9.53 Å². The third-order valence-electron chi connectivity index (χ3n) is 3.80. The number of ether oxygens (including phenoxy) is 1. The molecule has 7 nitrogen and oxygen atoms in total. The maximum Gasteiger partial charge on any atom is 0.244 e. The summed E-state index contributed by atoms with van der Waals surface area (Å²) in [5.74, 6) is 0.514. The molecule has 0 radical (unpaired) electrons. The lowest BCUT2D eigenvalue weighted by Crippen LogP contribution is -2.54. The monoisotopic (exact) mass is 291 g/mol. The Bertz CT molecular complexity index is 489. The van der Waals surface area contributed by atoms with Gasteiger partial charge in [0.1, 0.15) is 6.04 Å². The molecule has 1 saturated carbocycles. The second kappa shape index (κ2) is 6.36. The minimum Gasteiger partial charge on any atom is -0.377 e. The molecule has 1 aliphatic heterocycles. The topological polar surface area (TPSA) is 79.4 Å². The van der Waals surface area contributed by atoms with Crippen molar-refractivity contribution in [1.82, 2.24) is 20.6 Å². The Hall–Kier alpha value is -1.73. The third kappa shape index (κ3) is 3.48. The molecule has 1 amide bonds. The van der Waals surface area contributed by atoms with Gasteiger partial charge in [-0.2, -0.15) is 0 Å². The molecule has 0 bridgehead atoms. The van der Waals surface area contributed by atoms with Crippen molar-refractivity contribution in [2.75, 3.05) is 31.7 Å². The lowest BCUT2D eigenvalue weighted by atomic mass is 10.2. The number of nitrogens with one attached hydrogen (secondary N) is 2. The number of amides is 1. The van der Waals surface area contributed by atoms with Crippen molar-refractivity contribution in [2.24, 2.45) is 0 Å². The normalized spacial score (nSPS) is 22.1. The van der Waals surface area contributed by atoms with Crippen molar-refractivity contribution in [3.05, 3.63) is 18.0 Å². The van der Waals surface area contributed by atoms with E-state index in [9.17, 15) is 4.79 Å². The molecule has 1 aromatic heterocycles. The van der Waals surface area contributed by atoms with Crippen LogP contribution in [0.5, 0.6) is 0 Å². The minimum atomic E-state index is -0.362. The molecule has 1 unspecified atom stereocenters. The van der Waals surface area contributed by atoms with E-state index < -0.39 is 0 Å². The van der Waals surface area contributed by atoms with Gasteiger partial charge in [0, 0.05) is 44.1 Å². The SMILES string of the molecule is CNC(=O)C1COCCN1c1ncc(CNC2CC2)cn1. The molecule has 0 spiro atoms. The molecule has 21 heavy (non-hydrogen) atoms. The molecule has 114 valence electrons. The number of hydrogen-bond donors (Lipinski definition) is 2. The van der Waals surface area contributed by atoms with Crippen molar-refractivity contribution in [1.29, 1.82) is 0 Å². The maximum atomic E-state index is 11.9. The standard InChI is InChI=1S/C14H21N5O2/c1-15-13(20)12-9-21-5-4-19(12)14-17-7-10(8-18-14)6-16-11-2-3-11/h7-8,11-12,16H,2-6,9H2,1H3,(H,15,20). The van der Waals surface area contributed by atoms with E-state index in [1.165, 1.54) is 12.8 Å². The summed E-state index contributed by atoms with van der Waals surface area (Å²) in [4.78, 5) is 22.6. The molecule has 1 aliphatic carbocycles. The van der Waals surface area contributed by atoms with Gasteiger partial charge in [0.2, 0.25) is 11.9 Å². The predicted octanol–water partition coefficient (Wildman–Crippen LogP) is -0.320. The highest BCUT2D eigenvalue weighted by molar-refractivity contribution is 5.84. The van der Waals surface area contributed by atoms with E-state index in [2.05, 4.69) is 20.6 Å². The van der Waals surface area contributed by atoms with Crippen LogP contribution in [-0.2, 0) is 16.1 Å². The molecule has 1 atom stereocenters. The van der Waals surface area contributed by atoms with Gasteiger partial charge in [-0.1, -0.05) is 0 Å². The number of nitrogens with zero attached hydrogens (tertiary/aromatic N) is 3. The number of morpholine rings is 1. The summed E-state index contributed by atoms with van der Waals surface area (Å²) in [6.45, 7) is 2.38. The Morgan fingerprint density at radius 2 is 2.19 bits per heavy atom. The highest BCUT2D eigenvalue weighted by atomic mass is 16.5. The van der Waals surface area contributed by atoms with Gasteiger partial charge in [0.05, 0.1) is 13.2 Å². The van der Waals surface area contributed by atoms with E-state index in [4.69, 9.17) is 4.74 Å². The van der Waals surface area contributed by atoms with E-state index in [1.54, 1.807) is 7.05 Å². The Balaban J connectivity index is 1.66. The van der Waals surface area contributed by atoms with Crippen LogP contribution in [-0.4, -0.2) is 54.8 Å². The van der Waals surface area contributed by atoms with Crippen LogP contribution in [0.4, 0.5) is 5.95 Å². The zero-order chi connectivity index (χ0) is 14.7. The van der Waals surface area contributed by atoms with Gasteiger partial charge in [0.15, 0.2) is 0 Å². The van der Waals surface area contributed by atoms with E-state index in [0.717, 1.165) is 12.1 Å². The average molecular weight is 291 g/mol. The van der Waals surface area contributed by atoms with Gasteiger partial charge >= 0.3 is 0 Å². The third-order valence-corrected chi connectivity index (χ3v) is 3.80. The fourth-order valence-electron chi connectivity index (χ4n) is 2.36. The Kier molecular flexibility index (Phi) is 4.31. The number of hydrogen-bond acceptors (Lipinski definition) is 6. The Morgan fingerprint density at radius 3 is 2.86 bits per heavy atom. The molecule has 2 aliphatic rings. The average Bonchev–Trinajstić information content (AvgIpc) is 3.37. The number of likely N-dealkylation sites (N-methyl/N-ethyl adjacent to an activating group) is 1. The summed E-state index contributed by atoms with van der Waals surface area (Å²) in [6, 6.07) is 0.306. The molecule has 2 N–H and O–H groups in total. The number of carbonyl (C=O) groups is 1. The number of rotatable bonds is 5. The number of anilines is 1. The Morgan fingerprint density at radius 1 is 1.43 bits per heavy atom. The van der Waals surface area contributed by atoms with Crippen LogP contribution < -0.4 is 15.5 Å². The van der Waals surface area contributed by atoms with Gasteiger partial charge < -0.3 is 20.3 Å². The quantitative estimate of drug-likeness (QED) is 0.774. The van der Waals surface area contributed by atoms with Gasteiger partial charge in [-0.25, -0.2) is 9.97 Å². The maximum absolute atomic E-state index is 11.9. The van der Waals surface area contributed by atoms with Crippen LogP contribution in [0.25, 0.3) is 0 Å². The van der Waals surface area contributed by atoms with Crippen LogP contribution >= 0.6 is 0 Å². The molecule has 7 heteroatoms. The minimum absolute atomic E-state index is 0.0715. The van der Waals surface area contributed by atoms with Gasteiger partial charge in [-0.05, 0) is 12.8 Å². The van der Waals surface area contributed by atoms with Crippen LogP contribution in [0.15, 0.2) is 12.4 Å². The number of carbonyl (C=O) groups excluding carboxylic acids is 1. The summed E-state index contributed by atoms with van der Waals surface area (Å²) < 4.78 is 5.38. The van der Waals surface area contributed by atoms with E-state index in [0.29, 0.717) is 31.7 Å². The van der Waals surface area contributed by atoms with E-state index in [-0.39, 0.29) is 11.9 Å². The molecule has 0 aromatic carbocycles. The van der Waals surface area contributed by atoms with E-state index in [1.807, 2.05) is 17.3 Å². The first-order chi connectivity index (χ1) is 10.3. The first-order valence-electron chi connectivity index (χ1n) is 7.38. The number of aromatic nitrogens is 2. The molecule has 1 saturated heterocycles. The van der Waals surface area contributed by atoms with Gasteiger partial charge in [-0.15, -0.1) is 0 Å². The summed E-state index contributed by atoms with van der Waals surface area (Å²) in [5.41, 5.74) is 1.07. The molecule has 1 aromatic rings. The second-order valence-corrected chi connectivity index (χ2v) is 5.44. The molecule has 2 fully saturated rings. The van der Waals surface area contributed by atoms with Crippen molar-refractivity contribution in [3.8, 4) is 0 Å². The highest BCUT2D eigenvalue weighted by Gasteiger charge is 2.30. The van der Waals surface area contributed by atoms with Crippen molar-refractivity contribution >= 4 is 11.9 Å². The van der Waals surface area contributed by atoms with Crippen LogP contribution in [0.2, 0.25) is 0 Å². The first kappa shape index (κ1) is 14.2. The van der Waals surface area contributed by atoms with E-state index >= 15 is 0 Å². The van der Waals surface area contributed by atoms with Crippen LogP contribution in [0.1, 0.15) is 18.4 Å². The van der Waals surface area contributed by atoms with Gasteiger partial charge in [-0.3, -0.25) is 4.79 Å². The lowest BCUT2D eigenvalue weighted by Gasteiger charge is -2.34. The fourth-order valence-corrected chi connectivity index (χ4v) is 2.36. The molecular formula is C14H21N5O2. The van der Waals surface area contributed by atoms with Crippen molar-refractivity contribution in [2.45, 2.75) is 31.5 Å². The molecule has 3 rings (SSSR count). The first-order valence-corrected chi connectivity index (χ1v) is 7.38. The zero-order valence-electron chi connectivity index (χ0n) is 12.2. The summed E-state index contributed by atoms with van der Waals surface area (Å²) in [6.07, 6.45) is 6.18. The fraction of sp³-hybridized carbons (Fsp3) is 0.643. The zero-order valence-corrected chi connectivity index (χ0v) is 12.2. The largest absolute Gasteiger partial charge is 0.377 e. The lowest BCUT2D eigenvalue weighted by molar-refractivity contribution is -0.124. The molecule has 2 heterocycles. The second-order valence-electron chi connectivity index (χ2n) is 5.44. The Labute approximate surface area is 124 Å². The van der Waals surface area contributed by atoms with Crippen LogP contribution in [0.3, 0.4) is 0 Å². The smallest absolute Gasteiger partial charge is 0.244 e. The van der Waals surface area contributed by atoms with Crippen LogP contribution in [0, 0.1) is 0 Å².